The minimum Gasteiger partial charge on any atom is -0.409 e. The van der Waals surface area contributed by atoms with Crippen molar-refractivity contribution in [2.24, 2.45) is 16.3 Å². The van der Waals surface area contributed by atoms with E-state index in [0.29, 0.717) is 11.3 Å². The van der Waals surface area contributed by atoms with Crippen molar-refractivity contribution in [2.75, 3.05) is 13.6 Å². The van der Waals surface area contributed by atoms with Gasteiger partial charge >= 0.3 is 0 Å². The zero-order chi connectivity index (χ0) is 13.0. The molecule has 2 saturated carbocycles. The van der Waals surface area contributed by atoms with E-state index in [0.717, 1.165) is 19.0 Å². The zero-order valence-electron chi connectivity index (χ0n) is 11.6. The molecule has 0 aliphatic heterocycles. The molecule has 2 rings (SSSR count). The van der Waals surface area contributed by atoms with Crippen LogP contribution < -0.4 is 5.73 Å². The SMILES string of the molecule is CN(CC1(CC(N)=NO)CC1)C1CCCCCC1. The van der Waals surface area contributed by atoms with Crippen LogP contribution in [-0.4, -0.2) is 35.6 Å². The van der Waals surface area contributed by atoms with E-state index < -0.39 is 0 Å². The molecule has 104 valence electrons. The van der Waals surface area contributed by atoms with E-state index in [1.807, 2.05) is 0 Å². The first kappa shape index (κ1) is 13.7. The fraction of sp³-hybridized carbons (Fsp3) is 0.929. The van der Waals surface area contributed by atoms with Crippen molar-refractivity contribution in [1.82, 2.24) is 4.90 Å². The maximum atomic E-state index is 8.70. The fourth-order valence-electron chi connectivity index (χ4n) is 3.34. The molecule has 0 aromatic carbocycles. The lowest BCUT2D eigenvalue weighted by Crippen LogP contribution is -2.37. The number of rotatable bonds is 5. The Balaban J connectivity index is 1.84. The molecule has 4 heteroatoms. The van der Waals surface area contributed by atoms with Gasteiger partial charge in [0.2, 0.25) is 0 Å². The Hall–Kier alpha value is -0.770. The molecule has 18 heavy (non-hydrogen) atoms. The fourth-order valence-corrected chi connectivity index (χ4v) is 3.34. The molecule has 4 nitrogen and oxygen atoms in total. The molecule has 0 radical (unpaired) electrons. The summed E-state index contributed by atoms with van der Waals surface area (Å²) < 4.78 is 0. The molecule has 0 bridgehead atoms. The summed E-state index contributed by atoms with van der Waals surface area (Å²) in [5.41, 5.74) is 5.96. The van der Waals surface area contributed by atoms with Crippen molar-refractivity contribution in [1.29, 1.82) is 0 Å². The Morgan fingerprint density at radius 2 is 1.89 bits per heavy atom. The average Bonchev–Trinajstić information content (AvgIpc) is 3.12. The molecule has 2 fully saturated rings. The standard InChI is InChI=1S/C14H27N3O/c1-17(12-6-4-2-3-5-7-12)11-14(8-9-14)10-13(15)16-18/h12,18H,2-11H2,1H3,(H2,15,16). The largest absolute Gasteiger partial charge is 0.409 e. The third-order valence-electron chi connectivity index (χ3n) is 4.67. The Morgan fingerprint density at radius 1 is 1.28 bits per heavy atom. The van der Waals surface area contributed by atoms with Gasteiger partial charge in [0, 0.05) is 19.0 Å². The summed E-state index contributed by atoms with van der Waals surface area (Å²) in [6.07, 6.45) is 11.4. The number of oxime groups is 1. The van der Waals surface area contributed by atoms with Crippen LogP contribution in [0.2, 0.25) is 0 Å². The highest BCUT2D eigenvalue weighted by molar-refractivity contribution is 5.80. The van der Waals surface area contributed by atoms with Gasteiger partial charge in [0.15, 0.2) is 0 Å². The number of amidine groups is 1. The summed E-state index contributed by atoms with van der Waals surface area (Å²) >= 11 is 0. The Bertz CT molecular complexity index is 291. The van der Waals surface area contributed by atoms with Gasteiger partial charge < -0.3 is 15.8 Å². The van der Waals surface area contributed by atoms with Crippen LogP contribution in [0, 0.1) is 5.41 Å². The summed E-state index contributed by atoms with van der Waals surface area (Å²) in [4.78, 5) is 2.53. The van der Waals surface area contributed by atoms with Crippen LogP contribution in [0.15, 0.2) is 5.16 Å². The first-order valence-electron chi connectivity index (χ1n) is 7.32. The normalized spacial score (nSPS) is 25.1. The van der Waals surface area contributed by atoms with E-state index in [2.05, 4.69) is 17.1 Å². The molecule has 0 aromatic heterocycles. The summed E-state index contributed by atoms with van der Waals surface area (Å²) in [7, 11) is 2.25. The lowest BCUT2D eigenvalue weighted by atomic mass is 9.99. The van der Waals surface area contributed by atoms with Gasteiger partial charge in [-0.2, -0.15) is 0 Å². The van der Waals surface area contributed by atoms with Crippen molar-refractivity contribution in [3.05, 3.63) is 0 Å². The van der Waals surface area contributed by atoms with Crippen molar-refractivity contribution in [2.45, 2.75) is 63.8 Å². The molecule has 0 amide bonds. The Morgan fingerprint density at radius 3 is 2.39 bits per heavy atom. The monoisotopic (exact) mass is 253 g/mol. The van der Waals surface area contributed by atoms with E-state index in [-0.39, 0.29) is 0 Å². The van der Waals surface area contributed by atoms with Crippen LogP contribution in [-0.2, 0) is 0 Å². The van der Waals surface area contributed by atoms with Gasteiger partial charge in [0.1, 0.15) is 5.84 Å². The van der Waals surface area contributed by atoms with Crippen LogP contribution in [0.4, 0.5) is 0 Å². The Labute approximate surface area is 110 Å². The maximum absolute atomic E-state index is 8.70. The minimum absolute atomic E-state index is 0.303. The van der Waals surface area contributed by atoms with Crippen LogP contribution in [0.25, 0.3) is 0 Å². The van der Waals surface area contributed by atoms with Gasteiger partial charge in [0.05, 0.1) is 0 Å². The smallest absolute Gasteiger partial charge is 0.139 e. The molecule has 2 aliphatic rings. The first-order chi connectivity index (χ1) is 8.65. The number of nitrogens with zero attached hydrogens (tertiary/aromatic N) is 2. The molecular weight excluding hydrogens is 226 g/mol. The lowest BCUT2D eigenvalue weighted by molar-refractivity contribution is 0.181. The lowest BCUT2D eigenvalue weighted by Gasteiger charge is -2.30. The van der Waals surface area contributed by atoms with Crippen LogP contribution in [0.5, 0.6) is 0 Å². The highest BCUT2D eigenvalue weighted by atomic mass is 16.4. The second kappa shape index (κ2) is 5.91. The molecular formula is C14H27N3O. The molecule has 0 heterocycles. The predicted octanol–water partition coefficient (Wildman–Crippen LogP) is 2.56. The van der Waals surface area contributed by atoms with Crippen LogP contribution in [0.3, 0.4) is 0 Å². The summed E-state index contributed by atoms with van der Waals surface area (Å²) in [5.74, 6) is 0.391. The van der Waals surface area contributed by atoms with Gasteiger partial charge in [0.25, 0.3) is 0 Å². The predicted molar refractivity (Wildman–Crippen MR) is 73.8 cm³/mol. The molecule has 0 spiro atoms. The van der Waals surface area contributed by atoms with E-state index in [1.54, 1.807) is 0 Å². The topological polar surface area (TPSA) is 61.8 Å². The van der Waals surface area contributed by atoms with Gasteiger partial charge in [-0.15, -0.1) is 0 Å². The number of hydrogen-bond acceptors (Lipinski definition) is 3. The van der Waals surface area contributed by atoms with Crippen molar-refractivity contribution in [3.63, 3.8) is 0 Å². The summed E-state index contributed by atoms with van der Waals surface area (Å²) in [6, 6.07) is 0.747. The van der Waals surface area contributed by atoms with Gasteiger partial charge in [-0.3, -0.25) is 0 Å². The third kappa shape index (κ3) is 3.61. The summed E-state index contributed by atoms with van der Waals surface area (Å²) in [5, 5.41) is 11.8. The zero-order valence-corrected chi connectivity index (χ0v) is 11.6. The van der Waals surface area contributed by atoms with Crippen molar-refractivity contribution < 1.29 is 5.21 Å². The van der Waals surface area contributed by atoms with E-state index in [9.17, 15) is 0 Å². The van der Waals surface area contributed by atoms with Crippen molar-refractivity contribution in [3.8, 4) is 0 Å². The molecule has 0 atom stereocenters. The van der Waals surface area contributed by atoms with Gasteiger partial charge in [-0.05, 0) is 38.1 Å². The van der Waals surface area contributed by atoms with E-state index >= 15 is 0 Å². The van der Waals surface area contributed by atoms with E-state index in [4.69, 9.17) is 10.9 Å². The Kier molecular flexibility index (Phi) is 4.49. The van der Waals surface area contributed by atoms with E-state index in [1.165, 1.54) is 51.4 Å². The second-order valence-electron chi connectivity index (χ2n) is 6.33. The molecule has 0 unspecified atom stereocenters. The van der Waals surface area contributed by atoms with Crippen LogP contribution in [0.1, 0.15) is 57.8 Å². The van der Waals surface area contributed by atoms with Crippen molar-refractivity contribution >= 4 is 5.84 Å². The molecule has 2 aliphatic carbocycles. The molecule has 0 aromatic rings. The first-order valence-corrected chi connectivity index (χ1v) is 7.32. The maximum Gasteiger partial charge on any atom is 0.139 e. The number of nitrogens with two attached hydrogens (primary N) is 1. The highest BCUT2D eigenvalue weighted by Gasteiger charge is 2.44. The second-order valence-corrected chi connectivity index (χ2v) is 6.33. The quantitative estimate of drug-likeness (QED) is 0.260. The van der Waals surface area contributed by atoms with Gasteiger partial charge in [-0.25, -0.2) is 0 Å². The molecule has 3 N–H and O–H groups in total. The van der Waals surface area contributed by atoms with Gasteiger partial charge in [-0.1, -0.05) is 30.8 Å². The highest BCUT2D eigenvalue weighted by Crippen LogP contribution is 2.49. The minimum atomic E-state index is 0.303. The molecule has 0 saturated heterocycles. The average molecular weight is 253 g/mol. The van der Waals surface area contributed by atoms with Crippen LogP contribution >= 0.6 is 0 Å². The number of hydrogen-bond donors (Lipinski definition) is 2. The third-order valence-corrected chi connectivity index (χ3v) is 4.67. The summed E-state index contributed by atoms with van der Waals surface area (Å²) in [6.45, 7) is 1.11.